The summed E-state index contributed by atoms with van der Waals surface area (Å²) in [7, 11) is -10.8. The van der Waals surface area contributed by atoms with E-state index >= 15 is 0 Å². The van der Waals surface area contributed by atoms with Gasteiger partial charge in [0.25, 0.3) is 32.1 Å². The van der Waals surface area contributed by atoms with Gasteiger partial charge in [-0.05, 0) is 12.8 Å². The maximum absolute atomic E-state index is 11.9. The largest absolute Gasteiger partial charge is 0.481 e. The lowest BCUT2D eigenvalue weighted by Gasteiger charge is -2.13. The van der Waals surface area contributed by atoms with Crippen molar-refractivity contribution in [3.8, 4) is 0 Å². The number of unbranched alkanes of at least 4 members (excludes halogenated alkanes) is 3. The van der Waals surface area contributed by atoms with Crippen molar-refractivity contribution in [2.75, 3.05) is 0 Å². The predicted molar refractivity (Wildman–Crippen MR) is 84.0 cm³/mol. The molecule has 27 heavy (non-hydrogen) atoms. The van der Waals surface area contributed by atoms with Crippen LogP contribution in [-0.4, -0.2) is 70.4 Å². The molecule has 0 radical (unpaired) electrons. The van der Waals surface area contributed by atoms with Crippen LogP contribution in [0.4, 0.5) is 0 Å². The second kappa shape index (κ2) is 8.73. The van der Waals surface area contributed by atoms with Crippen LogP contribution in [0.2, 0.25) is 0 Å². The molecule has 3 N–H and O–H groups in total. The van der Waals surface area contributed by atoms with Gasteiger partial charge in [0.1, 0.15) is 0 Å². The fraction of sp³-hybridized carbons (Fsp3) is 0.667. The molecular formula is C12H17NO12S2. The minimum atomic E-state index is -5.41. The summed E-state index contributed by atoms with van der Waals surface area (Å²) in [4.78, 5) is 50.1. The van der Waals surface area contributed by atoms with E-state index in [1.54, 1.807) is 0 Å². The Kier molecular flexibility index (Phi) is 7.41. The third-order valence-corrected chi connectivity index (χ3v) is 5.92. The van der Waals surface area contributed by atoms with Gasteiger partial charge in [-0.1, -0.05) is 17.9 Å². The molecule has 0 saturated carbocycles. The van der Waals surface area contributed by atoms with Crippen LogP contribution >= 0.6 is 0 Å². The molecule has 0 aromatic heterocycles. The van der Waals surface area contributed by atoms with Gasteiger partial charge in [0, 0.05) is 12.8 Å². The van der Waals surface area contributed by atoms with Gasteiger partial charge in [0.05, 0.1) is 0 Å². The van der Waals surface area contributed by atoms with Crippen LogP contribution in [-0.2, 0) is 44.3 Å². The quantitative estimate of drug-likeness (QED) is 0.210. The summed E-state index contributed by atoms with van der Waals surface area (Å²) in [6, 6.07) is 0. The minimum absolute atomic E-state index is 0.0464. The molecule has 2 unspecified atom stereocenters. The van der Waals surface area contributed by atoms with E-state index in [4.69, 9.17) is 14.2 Å². The van der Waals surface area contributed by atoms with Gasteiger partial charge in [0.2, 0.25) is 0 Å². The first kappa shape index (κ1) is 22.9. The molecule has 1 aliphatic rings. The Morgan fingerprint density at radius 3 is 1.63 bits per heavy atom. The van der Waals surface area contributed by atoms with Crippen LogP contribution in [0.25, 0.3) is 0 Å². The zero-order valence-electron chi connectivity index (χ0n) is 13.7. The number of aliphatic carboxylic acids is 1. The molecule has 0 spiro atoms. The van der Waals surface area contributed by atoms with E-state index in [-0.39, 0.29) is 19.3 Å². The number of carbonyl (C=O) groups excluding carboxylic acids is 3. The van der Waals surface area contributed by atoms with Gasteiger partial charge in [-0.3, -0.25) is 23.5 Å². The standard InChI is InChI=1S/C12H17NO12S2/c14-7(15)5-3-1-2-4-6-8(16)25-13-11(17)9(26(19,20)21)10(12(13)18)27(22,23)24/h9-10H,1-6H2,(H,14,15)(H,19,20,21)(H,22,23,24). The molecule has 154 valence electrons. The summed E-state index contributed by atoms with van der Waals surface area (Å²) in [5.74, 6) is -5.80. The van der Waals surface area contributed by atoms with Crippen molar-refractivity contribution in [1.82, 2.24) is 5.06 Å². The summed E-state index contributed by atoms with van der Waals surface area (Å²) in [6.45, 7) is 0. The van der Waals surface area contributed by atoms with Crippen LogP contribution in [0.1, 0.15) is 38.5 Å². The second-order valence-electron chi connectivity index (χ2n) is 5.61. The molecule has 0 aromatic carbocycles. The Morgan fingerprint density at radius 2 is 1.26 bits per heavy atom. The van der Waals surface area contributed by atoms with E-state index in [1.165, 1.54) is 0 Å². The molecular weight excluding hydrogens is 414 g/mol. The Labute approximate surface area is 153 Å². The molecule has 1 heterocycles. The zero-order chi connectivity index (χ0) is 21.0. The third kappa shape index (κ3) is 6.23. The number of hydrogen-bond acceptors (Lipinski definition) is 9. The van der Waals surface area contributed by atoms with Crippen LogP contribution in [0, 0.1) is 0 Å². The number of carboxylic acids is 1. The van der Waals surface area contributed by atoms with E-state index in [2.05, 4.69) is 4.84 Å². The lowest BCUT2D eigenvalue weighted by atomic mass is 10.1. The number of hydrogen-bond donors (Lipinski definition) is 3. The Morgan fingerprint density at radius 1 is 0.852 bits per heavy atom. The predicted octanol–water partition coefficient (Wildman–Crippen LogP) is -1.25. The molecule has 13 nitrogen and oxygen atoms in total. The second-order valence-corrected chi connectivity index (χ2v) is 8.69. The topological polar surface area (TPSA) is 210 Å². The van der Waals surface area contributed by atoms with E-state index in [0.29, 0.717) is 19.3 Å². The maximum Gasteiger partial charge on any atom is 0.333 e. The Hall–Kier alpha value is -2.10. The lowest BCUT2D eigenvalue weighted by Crippen LogP contribution is -2.41. The highest BCUT2D eigenvalue weighted by Gasteiger charge is 2.61. The smallest absolute Gasteiger partial charge is 0.333 e. The first-order chi connectivity index (χ1) is 12.3. The molecule has 2 atom stereocenters. The van der Waals surface area contributed by atoms with Crippen molar-refractivity contribution >= 4 is 44.0 Å². The fourth-order valence-corrected chi connectivity index (χ4v) is 4.70. The molecule has 0 aliphatic carbocycles. The SMILES string of the molecule is O=C(O)CCCCCCC(=O)ON1C(=O)C(S(=O)(=O)O)C(S(=O)(=O)O)C1=O. The first-order valence-electron chi connectivity index (χ1n) is 7.50. The zero-order valence-corrected chi connectivity index (χ0v) is 15.3. The molecule has 0 aromatic rings. The highest BCUT2D eigenvalue weighted by Crippen LogP contribution is 2.26. The van der Waals surface area contributed by atoms with Crippen LogP contribution in [0.15, 0.2) is 0 Å². The van der Waals surface area contributed by atoms with Gasteiger partial charge in [-0.25, -0.2) is 4.79 Å². The molecule has 1 aliphatic heterocycles. The third-order valence-electron chi connectivity index (χ3n) is 3.52. The number of carboxylic acid groups (broad SMARTS) is 1. The first-order valence-corrected chi connectivity index (χ1v) is 10.5. The van der Waals surface area contributed by atoms with Gasteiger partial charge in [-0.15, -0.1) is 0 Å². The van der Waals surface area contributed by atoms with Crippen LogP contribution in [0.5, 0.6) is 0 Å². The summed E-state index contributed by atoms with van der Waals surface area (Å²) in [5, 5.41) is 2.33. The number of nitrogens with zero attached hydrogens (tertiary/aromatic N) is 1. The van der Waals surface area contributed by atoms with Crippen molar-refractivity contribution in [1.29, 1.82) is 0 Å². The average molecular weight is 431 g/mol. The fourth-order valence-electron chi connectivity index (χ4n) is 2.30. The van der Waals surface area contributed by atoms with Crippen molar-refractivity contribution in [2.45, 2.75) is 49.0 Å². The van der Waals surface area contributed by atoms with Crippen molar-refractivity contribution in [3.63, 3.8) is 0 Å². The summed E-state index contributed by atoms with van der Waals surface area (Å²) >= 11 is 0. The van der Waals surface area contributed by atoms with E-state index in [9.17, 15) is 36.0 Å². The van der Waals surface area contributed by atoms with Gasteiger partial charge >= 0.3 is 11.9 Å². The maximum atomic E-state index is 11.9. The highest BCUT2D eigenvalue weighted by molar-refractivity contribution is 7.91. The van der Waals surface area contributed by atoms with Crippen molar-refractivity contribution in [3.05, 3.63) is 0 Å². The summed E-state index contributed by atoms with van der Waals surface area (Å²) in [5.41, 5.74) is 0. The van der Waals surface area contributed by atoms with E-state index in [1.807, 2.05) is 0 Å². The average Bonchev–Trinajstić information content (AvgIpc) is 2.74. The monoisotopic (exact) mass is 431 g/mol. The summed E-state index contributed by atoms with van der Waals surface area (Å²) < 4.78 is 62.7. The molecule has 1 rings (SSSR count). The summed E-state index contributed by atoms with van der Waals surface area (Å²) in [6.07, 6.45) is 1.09. The van der Waals surface area contributed by atoms with Gasteiger partial charge < -0.3 is 9.94 Å². The molecule has 0 bridgehead atoms. The molecule has 1 fully saturated rings. The number of imide groups is 1. The number of hydroxylamine groups is 2. The number of rotatable bonds is 10. The highest BCUT2D eigenvalue weighted by atomic mass is 32.2. The Balaban J connectivity index is 2.72. The molecule has 1 saturated heterocycles. The van der Waals surface area contributed by atoms with Crippen LogP contribution in [0.3, 0.4) is 0 Å². The minimum Gasteiger partial charge on any atom is -0.481 e. The molecule has 2 amide bonds. The van der Waals surface area contributed by atoms with Crippen LogP contribution < -0.4 is 0 Å². The van der Waals surface area contributed by atoms with E-state index in [0.717, 1.165) is 0 Å². The lowest BCUT2D eigenvalue weighted by molar-refractivity contribution is -0.197. The van der Waals surface area contributed by atoms with Crippen molar-refractivity contribution in [2.24, 2.45) is 0 Å². The normalized spacial score (nSPS) is 20.7. The Bertz CT molecular complexity index is 780. The van der Waals surface area contributed by atoms with Crippen molar-refractivity contribution < 1.29 is 55.1 Å². The molecule has 15 heteroatoms. The van der Waals surface area contributed by atoms with E-state index < -0.39 is 59.6 Å². The van der Waals surface area contributed by atoms with Gasteiger partial charge in [0.15, 0.2) is 10.5 Å². The van der Waals surface area contributed by atoms with Gasteiger partial charge in [-0.2, -0.15) is 16.8 Å². The number of amides is 2. The number of carbonyl (C=O) groups is 4.